The van der Waals surface area contributed by atoms with Crippen LogP contribution in [0.2, 0.25) is 0 Å². The summed E-state index contributed by atoms with van der Waals surface area (Å²) in [5, 5.41) is 5.77. The number of rotatable bonds is 6. The van der Waals surface area contributed by atoms with E-state index in [2.05, 4.69) is 26.0 Å². The molecule has 0 radical (unpaired) electrons. The Balaban J connectivity index is 2.77. The zero-order valence-electron chi connectivity index (χ0n) is 12.6. The van der Waals surface area contributed by atoms with Gasteiger partial charge >= 0.3 is 0 Å². The summed E-state index contributed by atoms with van der Waals surface area (Å²) < 4.78 is 0. The minimum Gasteiger partial charge on any atom is -0.361 e. The molecule has 0 bridgehead atoms. The Hall–Kier alpha value is -1.89. The van der Waals surface area contributed by atoms with Gasteiger partial charge in [0, 0.05) is 18.0 Å². The molecule has 0 spiro atoms. The number of carbonyl (C=O) groups excluding carboxylic acids is 1. The van der Waals surface area contributed by atoms with Crippen molar-refractivity contribution in [3.05, 3.63) is 11.9 Å². The van der Waals surface area contributed by atoms with E-state index in [0.29, 0.717) is 24.0 Å². The van der Waals surface area contributed by atoms with Crippen molar-refractivity contribution in [2.75, 3.05) is 23.8 Å². The highest BCUT2D eigenvalue weighted by Gasteiger charge is 2.19. The van der Waals surface area contributed by atoms with E-state index in [1.54, 1.807) is 6.07 Å². The fourth-order valence-corrected chi connectivity index (χ4v) is 1.44. The molecule has 20 heavy (non-hydrogen) atoms. The Morgan fingerprint density at radius 2 is 1.95 bits per heavy atom. The normalized spacial score (nSPS) is 11.1. The third-order valence-corrected chi connectivity index (χ3v) is 2.55. The number of hydrazine groups is 1. The summed E-state index contributed by atoms with van der Waals surface area (Å²) in [6.07, 6.45) is 0.911. The predicted molar refractivity (Wildman–Crippen MR) is 80.3 cm³/mol. The van der Waals surface area contributed by atoms with Gasteiger partial charge in [-0.3, -0.25) is 4.79 Å². The largest absolute Gasteiger partial charge is 0.361 e. The van der Waals surface area contributed by atoms with Crippen molar-refractivity contribution in [1.82, 2.24) is 15.3 Å². The molecule has 0 saturated carbocycles. The SMILES string of the molecule is CCCNC(=O)CNc1cc(NN)nc(C(C)(C)C)n1. The lowest BCUT2D eigenvalue weighted by Gasteiger charge is -2.18. The van der Waals surface area contributed by atoms with E-state index < -0.39 is 0 Å². The first-order valence-electron chi connectivity index (χ1n) is 6.73. The van der Waals surface area contributed by atoms with Crippen molar-refractivity contribution in [2.45, 2.75) is 39.5 Å². The van der Waals surface area contributed by atoms with Crippen molar-refractivity contribution in [3.63, 3.8) is 0 Å². The smallest absolute Gasteiger partial charge is 0.239 e. The molecule has 0 aliphatic carbocycles. The zero-order valence-corrected chi connectivity index (χ0v) is 12.6. The van der Waals surface area contributed by atoms with Crippen LogP contribution < -0.4 is 21.9 Å². The Bertz CT molecular complexity index is 455. The van der Waals surface area contributed by atoms with Gasteiger partial charge in [-0.25, -0.2) is 15.8 Å². The summed E-state index contributed by atoms with van der Waals surface area (Å²) in [5.74, 6) is 7.09. The lowest BCUT2D eigenvalue weighted by molar-refractivity contribution is -0.119. The van der Waals surface area contributed by atoms with Crippen molar-refractivity contribution in [3.8, 4) is 0 Å². The van der Waals surface area contributed by atoms with Gasteiger partial charge in [-0.05, 0) is 6.42 Å². The van der Waals surface area contributed by atoms with Gasteiger partial charge in [-0.1, -0.05) is 27.7 Å². The third kappa shape index (κ3) is 5.00. The molecule has 112 valence electrons. The molecule has 0 aromatic carbocycles. The van der Waals surface area contributed by atoms with Crippen LogP contribution in [0.3, 0.4) is 0 Å². The summed E-state index contributed by atoms with van der Waals surface area (Å²) in [7, 11) is 0. The average molecular weight is 280 g/mol. The Kier molecular flexibility index (Phi) is 5.69. The molecule has 0 atom stereocenters. The van der Waals surface area contributed by atoms with Gasteiger partial charge in [-0.15, -0.1) is 0 Å². The third-order valence-electron chi connectivity index (χ3n) is 2.55. The topological polar surface area (TPSA) is 105 Å². The standard InChI is InChI=1S/C13H24N6O/c1-5-6-15-11(20)8-16-9-7-10(19-14)18-12(17-9)13(2,3)4/h7H,5-6,8,14H2,1-4H3,(H,15,20)(H2,16,17,18,19). The van der Waals surface area contributed by atoms with Gasteiger partial charge in [0.25, 0.3) is 0 Å². The Morgan fingerprint density at radius 3 is 2.50 bits per heavy atom. The Labute approximate surface area is 119 Å². The number of hydrogen-bond donors (Lipinski definition) is 4. The van der Waals surface area contributed by atoms with Crippen molar-refractivity contribution in [2.24, 2.45) is 5.84 Å². The number of carbonyl (C=O) groups is 1. The maximum atomic E-state index is 11.6. The van der Waals surface area contributed by atoms with Gasteiger partial charge in [0.1, 0.15) is 17.5 Å². The summed E-state index contributed by atoms with van der Waals surface area (Å²) in [5.41, 5.74) is 2.31. The summed E-state index contributed by atoms with van der Waals surface area (Å²) in [6.45, 7) is 8.89. The number of aromatic nitrogens is 2. The van der Waals surface area contributed by atoms with Crippen LogP contribution in [0.15, 0.2) is 6.07 Å². The minimum absolute atomic E-state index is 0.0648. The molecule has 7 nitrogen and oxygen atoms in total. The van der Waals surface area contributed by atoms with Crippen molar-refractivity contribution >= 4 is 17.5 Å². The monoisotopic (exact) mass is 280 g/mol. The number of anilines is 2. The van der Waals surface area contributed by atoms with Crippen LogP contribution in [0, 0.1) is 0 Å². The number of hydrogen-bond acceptors (Lipinski definition) is 6. The molecule has 1 amide bonds. The molecule has 0 saturated heterocycles. The summed E-state index contributed by atoms with van der Waals surface area (Å²) in [6, 6.07) is 1.67. The molecular weight excluding hydrogens is 256 g/mol. The highest BCUT2D eigenvalue weighted by molar-refractivity contribution is 5.80. The lowest BCUT2D eigenvalue weighted by atomic mass is 9.96. The van der Waals surface area contributed by atoms with E-state index in [4.69, 9.17) is 5.84 Å². The fraction of sp³-hybridized carbons (Fsp3) is 0.615. The van der Waals surface area contributed by atoms with E-state index >= 15 is 0 Å². The highest BCUT2D eigenvalue weighted by atomic mass is 16.1. The first-order chi connectivity index (χ1) is 9.36. The van der Waals surface area contributed by atoms with E-state index in [1.165, 1.54) is 0 Å². The van der Waals surface area contributed by atoms with E-state index in [9.17, 15) is 4.79 Å². The zero-order chi connectivity index (χ0) is 15.2. The number of nitrogens with zero attached hydrogens (tertiary/aromatic N) is 2. The summed E-state index contributed by atoms with van der Waals surface area (Å²) in [4.78, 5) is 20.3. The molecule has 0 unspecified atom stereocenters. The van der Waals surface area contributed by atoms with Crippen molar-refractivity contribution in [1.29, 1.82) is 0 Å². The molecular formula is C13H24N6O. The lowest BCUT2D eigenvalue weighted by Crippen LogP contribution is -2.30. The molecule has 0 aliphatic rings. The molecule has 1 aromatic heterocycles. The van der Waals surface area contributed by atoms with Gasteiger partial charge < -0.3 is 16.1 Å². The van der Waals surface area contributed by atoms with Gasteiger partial charge in [0.05, 0.1) is 6.54 Å². The quantitative estimate of drug-likeness (QED) is 0.457. The number of nitrogen functional groups attached to an aromatic ring is 1. The first-order valence-corrected chi connectivity index (χ1v) is 6.73. The highest BCUT2D eigenvalue weighted by Crippen LogP contribution is 2.21. The number of nitrogens with one attached hydrogen (secondary N) is 3. The van der Waals surface area contributed by atoms with E-state index in [0.717, 1.165) is 6.42 Å². The minimum atomic E-state index is -0.201. The number of amides is 1. The van der Waals surface area contributed by atoms with Crippen LogP contribution in [-0.4, -0.2) is 29.0 Å². The Morgan fingerprint density at radius 1 is 1.30 bits per heavy atom. The van der Waals surface area contributed by atoms with Crippen LogP contribution in [0.5, 0.6) is 0 Å². The fourth-order valence-electron chi connectivity index (χ4n) is 1.44. The van der Waals surface area contributed by atoms with Crippen molar-refractivity contribution < 1.29 is 4.79 Å². The molecule has 0 aliphatic heterocycles. The van der Waals surface area contributed by atoms with E-state index in [1.807, 2.05) is 27.7 Å². The van der Waals surface area contributed by atoms with Crippen LogP contribution >= 0.6 is 0 Å². The second-order valence-corrected chi connectivity index (χ2v) is 5.56. The van der Waals surface area contributed by atoms with Gasteiger partial charge in [0.2, 0.25) is 5.91 Å². The van der Waals surface area contributed by atoms with Gasteiger partial charge in [-0.2, -0.15) is 0 Å². The predicted octanol–water partition coefficient (Wildman–Crippen LogP) is 0.998. The second kappa shape index (κ2) is 7.04. The second-order valence-electron chi connectivity index (χ2n) is 5.56. The molecule has 1 aromatic rings. The van der Waals surface area contributed by atoms with Crippen LogP contribution in [0.25, 0.3) is 0 Å². The molecule has 1 heterocycles. The van der Waals surface area contributed by atoms with Crippen LogP contribution in [-0.2, 0) is 10.2 Å². The summed E-state index contributed by atoms with van der Waals surface area (Å²) >= 11 is 0. The average Bonchev–Trinajstić information content (AvgIpc) is 2.41. The first kappa shape index (κ1) is 16.2. The maximum Gasteiger partial charge on any atom is 0.239 e. The van der Waals surface area contributed by atoms with Crippen LogP contribution in [0.1, 0.15) is 39.9 Å². The molecule has 7 heteroatoms. The maximum absolute atomic E-state index is 11.6. The molecule has 0 fully saturated rings. The molecule has 1 rings (SSSR count). The molecule has 5 N–H and O–H groups in total. The van der Waals surface area contributed by atoms with E-state index in [-0.39, 0.29) is 17.9 Å². The van der Waals surface area contributed by atoms with Gasteiger partial charge in [0.15, 0.2) is 0 Å². The number of nitrogens with two attached hydrogens (primary N) is 1. The van der Waals surface area contributed by atoms with Crippen LogP contribution in [0.4, 0.5) is 11.6 Å².